The van der Waals surface area contributed by atoms with Crippen molar-refractivity contribution in [3.8, 4) is 0 Å². The van der Waals surface area contributed by atoms with Crippen LogP contribution in [0.3, 0.4) is 0 Å². The zero-order chi connectivity index (χ0) is 21.1. The number of hydrogen-bond donors (Lipinski definition) is 1. The van der Waals surface area contributed by atoms with Crippen LogP contribution in [0.4, 0.5) is 11.4 Å². The zero-order valence-electron chi connectivity index (χ0n) is 17.3. The molecule has 1 aromatic carbocycles. The molecule has 2 aliphatic rings. The van der Waals surface area contributed by atoms with Gasteiger partial charge >= 0.3 is 0 Å². The lowest BCUT2D eigenvalue weighted by atomic mass is 10.2. The monoisotopic (exact) mass is 426 g/mol. The number of amides is 2. The molecular weight excluding hydrogens is 400 g/mol. The number of carbonyl (C=O) groups excluding carboxylic acids is 2. The van der Waals surface area contributed by atoms with Crippen LogP contribution in [0.5, 0.6) is 0 Å². The maximum Gasteiger partial charge on any atom is 0.278 e. The van der Waals surface area contributed by atoms with Gasteiger partial charge in [0.1, 0.15) is 5.70 Å². The summed E-state index contributed by atoms with van der Waals surface area (Å²) in [4.78, 5) is 32.8. The number of nitrogens with one attached hydrogen (secondary N) is 1. The summed E-state index contributed by atoms with van der Waals surface area (Å²) < 4.78 is 5.38. The molecule has 8 heteroatoms. The molecule has 0 spiro atoms. The van der Waals surface area contributed by atoms with Crippen LogP contribution in [0.25, 0.3) is 5.57 Å². The number of thiophene rings is 1. The Morgan fingerprint density at radius 3 is 2.40 bits per heavy atom. The Balaban J connectivity index is 1.56. The summed E-state index contributed by atoms with van der Waals surface area (Å²) in [7, 11) is 3.96. The molecule has 0 atom stereocenters. The number of nitrogens with zero attached hydrogens (tertiary/aromatic N) is 3. The van der Waals surface area contributed by atoms with Crippen LogP contribution in [0.1, 0.15) is 4.88 Å². The molecule has 0 bridgehead atoms. The van der Waals surface area contributed by atoms with E-state index in [4.69, 9.17) is 4.74 Å². The molecule has 7 nitrogen and oxygen atoms in total. The van der Waals surface area contributed by atoms with Crippen molar-refractivity contribution in [2.75, 3.05) is 63.7 Å². The van der Waals surface area contributed by atoms with Crippen molar-refractivity contribution in [3.05, 3.63) is 52.4 Å². The molecule has 3 heterocycles. The quantitative estimate of drug-likeness (QED) is 0.686. The van der Waals surface area contributed by atoms with Crippen LogP contribution in [0.15, 0.2) is 47.5 Å². The minimum atomic E-state index is -0.270. The maximum atomic E-state index is 13.2. The van der Waals surface area contributed by atoms with E-state index in [2.05, 4.69) is 10.2 Å². The Bertz CT molecular complexity index is 932. The summed E-state index contributed by atoms with van der Waals surface area (Å²) in [5.74, 6) is -0.503. The molecule has 1 saturated heterocycles. The second-order valence-corrected chi connectivity index (χ2v) is 8.46. The number of imide groups is 1. The molecule has 2 aromatic rings. The summed E-state index contributed by atoms with van der Waals surface area (Å²) in [6.45, 7) is 4.06. The Labute approximate surface area is 180 Å². The molecule has 1 aromatic heterocycles. The van der Waals surface area contributed by atoms with Crippen molar-refractivity contribution in [3.63, 3.8) is 0 Å². The van der Waals surface area contributed by atoms with Crippen molar-refractivity contribution in [1.82, 2.24) is 9.80 Å². The number of ether oxygens (including phenoxy) is 1. The smallest absolute Gasteiger partial charge is 0.278 e. The number of rotatable bonds is 7. The first-order valence-electron chi connectivity index (χ1n) is 10.0. The molecule has 2 amide bonds. The zero-order valence-corrected chi connectivity index (χ0v) is 18.1. The summed E-state index contributed by atoms with van der Waals surface area (Å²) >= 11 is 1.46. The molecule has 0 saturated carbocycles. The molecule has 0 radical (unpaired) electrons. The third-order valence-electron chi connectivity index (χ3n) is 5.33. The highest BCUT2D eigenvalue weighted by atomic mass is 32.1. The third-order valence-corrected chi connectivity index (χ3v) is 6.22. The van der Waals surface area contributed by atoms with Gasteiger partial charge in [0.2, 0.25) is 0 Å². The number of carbonyl (C=O) groups is 2. The van der Waals surface area contributed by atoms with Crippen molar-refractivity contribution < 1.29 is 14.3 Å². The van der Waals surface area contributed by atoms with Gasteiger partial charge in [-0.1, -0.05) is 6.07 Å². The number of morpholine rings is 1. The average molecular weight is 427 g/mol. The van der Waals surface area contributed by atoms with Gasteiger partial charge in [0.25, 0.3) is 11.8 Å². The lowest BCUT2D eigenvalue weighted by Crippen LogP contribution is -2.43. The van der Waals surface area contributed by atoms with E-state index in [1.54, 1.807) is 0 Å². The minimum Gasteiger partial charge on any atom is -0.379 e. The van der Waals surface area contributed by atoms with Gasteiger partial charge < -0.3 is 15.0 Å². The van der Waals surface area contributed by atoms with Crippen molar-refractivity contribution in [2.45, 2.75) is 0 Å². The SMILES string of the molecule is CN(C)c1ccc(NC2=C(c3cccs3)C(=O)N(CCN3CCOCC3)C2=O)cc1. The predicted octanol–water partition coefficient (Wildman–Crippen LogP) is 2.34. The fourth-order valence-corrected chi connectivity index (χ4v) is 4.37. The van der Waals surface area contributed by atoms with Crippen LogP contribution >= 0.6 is 11.3 Å². The highest BCUT2D eigenvalue weighted by Gasteiger charge is 2.39. The van der Waals surface area contributed by atoms with Gasteiger partial charge in [0, 0.05) is 56.5 Å². The molecule has 4 rings (SSSR count). The highest BCUT2D eigenvalue weighted by Crippen LogP contribution is 2.33. The fourth-order valence-electron chi connectivity index (χ4n) is 3.60. The standard InChI is InChI=1S/C22H26N4O3S/c1-24(2)17-7-5-16(6-8-17)23-20-19(18-4-3-15-30-18)21(27)26(22(20)28)10-9-25-11-13-29-14-12-25/h3-8,15,23H,9-14H2,1-2H3. The van der Waals surface area contributed by atoms with Gasteiger partial charge in [-0.2, -0.15) is 0 Å². The molecule has 2 aliphatic heterocycles. The lowest BCUT2D eigenvalue weighted by molar-refractivity contribution is -0.137. The summed E-state index contributed by atoms with van der Waals surface area (Å²) in [6, 6.07) is 11.6. The van der Waals surface area contributed by atoms with Crippen LogP contribution in [-0.4, -0.2) is 75.1 Å². The van der Waals surface area contributed by atoms with Crippen LogP contribution in [0.2, 0.25) is 0 Å². The first-order chi connectivity index (χ1) is 14.5. The normalized spacial score (nSPS) is 17.7. The number of anilines is 2. The fraction of sp³-hybridized carbons (Fsp3) is 0.364. The summed E-state index contributed by atoms with van der Waals surface area (Å²) in [6.07, 6.45) is 0. The Morgan fingerprint density at radius 2 is 1.77 bits per heavy atom. The number of hydrogen-bond acceptors (Lipinski definition) is 7. The predicted molar refractivity (Wildman–Crippen MR) is 120 cm³/mol. The second kappa shape index (κ2) is 8.99. The van der Waals surface area contributed by atoms with Crippen LogP contribution < -0.4 is 10.2 Å². The molecule has 1 N–H and O–H groups in total. The molecule has 30 heavy (non-hydrogen) atoms. The van der Waals surface area contributed by atoms with Crippen LogP contribution in [0, 0.1) is 0 Å². The van der Waals surface area contributed by atoms with Gasteiger partial charge in [0.15, 0.2) is 0 Å². The lowest BCUT2D eigenvalue weighted by Gasteiger charge is -2.28. The van der Waals surface area contributed by atoms with Crippen molar-refractivity contribution in [1.29, 1.82) is 0 Å². The van der Waals surface area contributed by atoms with Crippen molar-refractivity contribution in [2.24, 2.45) is 0 Å². The first kappa shape index (κ1) is 20.6. The van der Waals surface area contributed by atoms with Gasteiger partial charge in [-0.05, 0) is 35.7 Å². The van der Waals surface area contributed by atoms with E-state index in [-0.39, 0.29) is 11.8 Å². The van der Waals surface area contributed by atoms with E-state index < -0.39 is 0 Å². The highest BCUT2D eigenvalue weighted by molar-refractivity contribution is 7.11. The number of benzene rings is 1. The molecule has 0 unspecified atom stereocenters. The van der Waals surface area contributed by atoms with E-state index in [0.717, 1.165) is 29.3 Å². The summed E-state index contributed by atoms with van der Waals surface area (Å²) in [5.41, 5.74) is 2.64. The summed E-state index contributed by atoms with van der Waals surface area (Å²) in [5, 5.41) is 5.13. The van der Waals surface area contributed by atoms with E-state index in [0.29, 0.717) is 37.6 Å². The average Bonchev–Trinajstić information content (AvgIpc) is 3.35. The minimum absolute atomic E-state index is 0.233. The van der Waals surface area contributed by atoms with Gasteiger partial charge in [-0.15, -0.1) is 11.3 Å². The van der Waals surface area contributed by atoms with E-state index in [1.807, 2.05) is 60.8 Å². The van der Waals surface area contributed by atoms with Gasteiger partial charge in [-0.3, -0.25) is 19.4 Å². The molecule has 158 valence electrons. The van der Waals surface area contributed by atoms with Gasteiger partial charge in [0.05, 0.1) is 18.8 Å². The molecular formula is C22H26N4O3S. The third kappa shape index (κ3) is 4.26. The Morgan fingerprint density at radius 1 is 1.03 bits per heavy atom. The Hall–Kier alpha value is -2.68. The van der Waals surface area contributed by atoms with E-state index in [1.165, 1.54) is 16.2 Å². The second-order valence-electron chi connectivity index (χ2n) is 7.51. The maximum absolute atomic E-state index is 13.2. The molecule has 0 aliphatic carbocycles. The Kier molecular flexibility index (Phi) is 6.17. The molecule has 1 fully saturated rings. The first-order valence-corrected chi connectivity index (χ1v) is 10.9. The van der Waals surface area contributed by atoms with Gasteiger partial charge in [-0.25, -0.2) is 0 Å². The largest absolute Gasteiger partial charge is 0.379 e. The topological polar surface area (TPSA) is 65.1 Å². The van der Waals surface area contributed by atoms with E-state index >= 15 is 0 Å². The van der Waals surface area contributed by atoms with Crippen LogP contribution in [-0.2, 0) is 14.3 Å². The van der Waals surface area contributed by atoms with Crippen molar-refractivity contribution >= 4 is 40.1 Å². The van der Waals surface area contributed by atoms with E-state index in [9.17, 15) is 9.59 Å².